The highest BCUT2D eigenvalue weighted by Crippen LogP contribution is 2.29. The second kappa shape index (κ2) is 11.1. The van der Waals surface area contributed by atoms with Crippen LogP contribution in [0.1, 0.15) is 38.7 Å². The fourth-order valence-corrected chi connectivity index (χ4v) is 6.33. The Hall–Kier alpha value is -2.09. The molecule has 0 bridgehead atoms. The van der Waals surface area contributed by atoms with E-state index in [1.54, 1.807) is 18.3 Å². The zero-order chi connectivity index (χ0) is 24.1. The predicted octanol–water partition coefficient (Wildman–Crippen LogP) is 5.49. The highest BCUT2D eigenvalue weighted by atomic mass is 35.5. The average Bonchev–Trinajstić information content (AvgIpc) is 3.27. The summed E-state index contributed by atoms with van der Waals surface area (Å²) >= 11 is 6.16. The molecule has 1 aliphatic heterocycles. The fourth-order valence-electron chi connectivity index (χ4n) is 4.43. The number of aryl methyl sites for hydroxylation is 1. The molecular weight excluding hydrogens is 470 g/mol. The Balaban J connectivity index is 1.66. The smallest absolute Gasteiger partial charge is 0.264 e. The minimum atomic E-state index is -3.78. The van der Waals surface area contributed by atoms with E-state index < -0.39 is 10.0 Å². The van der Waals surface area contributed by atoms with E-state index >= 15 is 0 Å². The van der Waals surface area contributed by atoms with Gasteiger partial charge in [0.1, 0.15) is 0 Å². The Bertz CT molecular complexity index is 1180. The quantitative estimate of drug-likeness (QED) is 0.343. The summed E-state index contributed by atoms with van der Waals surface area (Å²) in [5.41, 5.74) is 2.79. The van der Waals surface area contributed by atoms with Gasteiger partial charge in [-0.3, -0.25) is 8.99 Å². The van der Waals surface area contributed by atoms with Crippen molar-refractivity contribution >= 4 is 38.2 Å². The van der Waals surface area contributed by atoms with Gasteiger partial charge in [-0.05, 0) is 67.0 Å². The van der Waals surface area contributed by atoms with Crippen LogP contribution in [0, 0.1) is 11.8 Å². The van der Waals surface area contributed by atoms with Gasteiger partial charge in [0.05, 0.1) is 22.3 Å². The molecule has 8 heteroatoms. The molecule has 4 rings (SSSR count). The third-order valence-corrected chi connectivity index (χ3v) is 9.05. The molecule has 3 aromatic rings. The highest BCUT2D eigenvalue weighted by molar-refractivity contribution is 7.92. The summed E-state index contributed by atoms with van der Waals surface area (Å²) < 4.78 is 36.7. The number of fused-ring (bicyclic) bond motifs is 1. The van der Waals surface area contributed by atoms with Gasteiger partial charge in [-0.2, -0.15) is 5.10 Å². The van der Waals surface area contributed by atoms with Crippen molar-refractivity contribution in [3.63, 3.8) is 0 Å². The largest absolute Gasteiger partial charge is 0.381 e. The fraction of sp³-hybridized carbons (Fsp3) is 0.500. The predicted molar refractivity (Wildman–Crippen MR) is 138 cm³/mol. The Labute approximate surface area is 207 Å². The minimum absolute atomic E-state index is 0.0632. The number of hydrogen-bond acceptors (Lipinski definition) is 4. The third-order valence-electron chi connectivity index (χ3n) is 6.83. The van der Waals surface area contributed by atoms with Crippen LogP contribution in [0.3, 0.4) is 0 Å². The molecule has 2 aromatic carbocycles. The second-order valence-electron chi connectivity index (χ2n) is 9.09. The lowest BCUT2D eigenvalue weighted by Crippen LogP contribution is -2.36. The molecule has 2 heterocycles. The number of alkyl halides is 1. The van der Waals surface area contributed by atoms with Crippen LogP contribution in [0.5, 0.6) is 0 Å². The number of halogens is 1. The summed E-state index contributed by atoms with van der Waals surface area (Å²) in [6.07, 6.45) is 5.53. The number of ether oxygens (including phenoxy) is 1. The van der Waals surface area contributed by atoms with Crippen LogP contribution in [-0.4, -0.2) is 43.8 Å². The molecular formula is C26H34ClN3O3S. The van der Waals surface area contributed by atoms with Crippen molar-refractivity contribution in [3.05, 3.63) is 54.2 Å². The molecule has 0 spiro atoms. The van der Waals surface area contributed by atoms with Gasteiger partial charge in [0.2, 0.25) is 0 Å². The van der Waals surface area contributed by atoms with Crippen LogP contribution in [0.2, 0.25) is 0 Å². The summed E-state index contributed by atoms with van der Waals surface area (Å²) in [5, 5.41) is 5.39. The maximum atomic E-state index is 13.9. The van der Waals surface area contributed by atoms with Crippen LogP contribution in [0.15, 0.2) is 53.6 Å². The standard InChI is InChI=1S/C26H34ClN3O3S/c1-3-20-5-7-24(8-6-20)30(19-21(4-2)16-27)34(31,32)25-9-10-26-23(15-25)17-28-29(26)18-22-11-13-33-14-12-22/h5-10,15,17,21-22H,3-4,11-14,16,18-19H2,1-2H3. The van der Waals surface area contributed by atoms with Crippen molar-refractivity contribution in [1.29, 1.82) is 0 Å². The zero-order valence-electron chi connectivity index (χ0n) is 20.0. The first kappa shape index (κ1) is 25.0. The van der Waals surface area contributed by atoms with Gasteiger partial charge in [0.25, 0.3) is 10.0 Å². The van der Waals surface area contributed by atoms with E-state index in [9.17, 15) is 8.42 Å². The van der Waals surface area contributed by atoms with Crippen LogP contribution < -0.4 is 4.31 Å². The number of hydrogen-bond donors (Lipinski definition) is 0. The van der Waals surface area contributed by atoms with E-state index in [0.717, 1.165) is 56.3 Å². The van der Waals surface area contributed by atoms with Crippen LogP contribution in [-0.2, 0) is 27.7 Å². The van der Waals surface area contributed by atoms with Crippen LogP contribution >= 0.6 is 11.6 Å². The molecule has 34 heavy (non-hydrogen) atoms. The van der Waals surface area contributed by atoms with Crippen molar-refractivity contribution in [2.75, 3.05) is 29.9 Å². The molecule has 1 unspecified atom stereocenters. The first-order valence-electron chi connectivity index (χ1n) is 12.2. The summed E-state index contributed by atoms with van der Waals surface area (Å²) in [6.45, 7) is 6.88. The molecule has 1 saturated heterocycles. The summed E-state index contributed by atoms with van der Waals surface area (Å²) in [6, 6.07) is 13.1. The number of anilines is 1. The van der Waals surface area contributed by atoms with E-state index in [-0.39, 0.29) is 10.8 Å². The Morgan fingerprint density at radius 2 is 1.88 bits per heavy atom. The van der Waals surface area contributed by atoms with Gasteiger partial charge >= 0.3 is 0 Å². The third kappa shape index (κ3) is 5.42. The number of rotatable bonds is 10. The molecule has 184 valence electrons. The monoisotopic (exact) mass is 503 g/mol. The van der Waals surface area contributed by atoms with Crippen molar-refractivity contribution in [2.24, 2.45) is 11.8 Å². The maximum Gasteiger partial charge on any atom is 0.264 e. The molecule has 0 N–H and O–H groups in total. The first-order valence-corrected chi connectivity index (χ1v) is 14.1. The molecule has 0 radical (unpaired) electrons. The lowest BCUT2D eigenvalue weighted by molar-refractivity contribution is 0.0605. The van der Waals surface area contributed by atoms with Gasteiger partial charge in [-0.15, -0.1) is 11.6 Å². The van der Waals surface area contributed by atoms with Gasteiger partial charge in [-0.25, -0.2) is 8.42 Å². The van der Waals surface area contributed by atoms with Gasteiger partial charge in [0.15, 0.2) is 0 Å². The molecule has 0 aliphatic carbocycles. The van der Waals surface area contributed by atoms with E-state index in [2.05, 4.69) is 12.0 Å². The van der Waals surface area contributed by atoms with E-state index in [4.69, 9.17) is 16.3 Å². The van der Waals surface area contributed by atoms with Crippen molar-refractivity contribution in [3.8, 4) is 0 Å². The number of sulfonamides is 1. The first-order chi connectivity index (χ1) is 16.5. The normalized spacial score (nSPS) is 16.1. The van der Waals surface area contributed by atoms with Crippen LogP contribution in [0.4, 0.5) is 5.69 Å². The SMILES string of the molecule is CCc1ccc(N(CC(CC)CCl)S(=O)(=O)c2ccc3c(cnn3CC3CCOCC3)c2)cc1. The number of aromatic nitrogens is 2. The van der Waals surface area contributed by atoms with Gasteiger partial charge in [-0.1, -0.05) is 32.4 Å². The van der Waals surface area contributed by atoms with Crippen molar-refractivity contribution < 1.29 is 13.2 Å². The molecule has 0 saturated carbocycles. The molecule has 1 aromatic heterocycles. The zero-order valence-corrected chi connectivity index (χ0v) is 21.6. The van der Waals surface area contributed by atoms with Crippen molar-refractivity contribution in [2.45, 2.75) is 51.0 Å². The minimum Gasteiger partial charge on any atom is -0.381 e. The lowest BCUT2D eigenvalue weighted by Gasteiger charge is -2.28. The molecule has 1 aliphatic rings. The van der Waals surface area contributed by atoms with E-state index in [0.29, 0.717) is 24.0 Å². The maximum absolute atomic E-state index is 13.9. The Kier molecular flexibility index (Phi) is 8.17. The molecule has 1 atom stereocenters. The summed E-state index contributed by atoms with van der Waals surface area (Å²) in [4.78, 5) is 0.273. The van der Waals surface area contributed by atoms with Gasteiger partial charge < -0.3 is 4.74 Å². The summed E-state index contributed by atoms with van der Waals surface area (Å²) in [7, 11) is -3.78. The van der Waals surface area contributed by atoms with Gasteiger partial charge in [0, 0.05) is 37.6 Å². The lowest BCUT2D eigenvalue weighted by atomic mass is 10.0. The Morgan fingerprint density at radius 3 is 2.53 bits per heavy atom. The van der Waals surface area contributed by atoms with E-state index in [1.807, 2.05) is 41.9 Å². The molecule has 0 amide bonds. The average molecular weight is 504 g/mol. The number of nitrogens with zero attached hydrogens (tertiary/aromatic N) is 3. The van der Waals surface area contributed by atoms with Crippen LogP contribution in [0.25, 0.3) is 10.9 Å². The number of benzene rings is 2. The Morgan fingerprint density at radius 1 is 1.15 bits per heavy atom. The van der Waals surface area contributed by atoms with Crippen molar-refractivity contribution in [1.82, 2.24) is 9.78 Å². The van der Waals surface area contributed by atoms with E-state index in [1.165, 1.54) is 9.87 Å². The highest BCUT2D eigenvalue weighted by Gasteiger charge is 2.28. The summed E-state index contributed by atoms with van der Waals surface area (Å²) in [5.74, 6) is 1.00. The topological polar surface area (TPSA) is 64.4 Å². The molecule has 6 nitrogen and oxygen atoms in total. The second-order valence-corrected chi connectivity index (χ2v) is 11.3. The molecule has 1 fully saturated rings.